The summed E-state index contributed by atoms with van der Waals surface area (Å²) in [5.74, 6) is -0.00553. The summed E-state index contributed by atoms with van der Waals surface area (Å²) in [7, 11) is 0. The fraction of sp³-hybridized carbons (Fsp3) is 0.533. The Morgan fingerprint density at radius 1 is 1.28 bits per heavy atom. The first-order valence-corrected chi connectivity index (χ1v) is 6.70. The third kappa shape index (κ3) is 1.93. The van der Waals surface area contributed by atoms with Gasteiger partial charge in [-0.2, -0.15) is 0 Å². The summed E-state index contributed by atoms with van der Waals surface area (Å²) >= 11 is 0. The van der Waals surface area contributed by atoms with Gasteiger partial charge in [-0.25, -0.2) is 0 Å². The van der Waals surface area contributed by atoms with Crippen LogP contribution >= 0.6 is 0 Å². The monoisotopic (exact) mass is 245 g/mol. The number of hydrogen-bond donors (Lipinski definition) is 1. The van der Waals surface area contributed by atoms with Crippen LogP contribution in [0.2, 0.25) is 0 Å². The number of rotatable bonds is 4. The van der Waals surface area contributed by atoms with Crippen molar-refractivity contribution in [1.29, 1.82) is 0 Å². The Morgan fingerprint density at radius 2 is 1.94 bits per heavy atom. The number of benzene rings is 1. The fourth-order valence-corrected chi connectivity index (χ4v) is 3.11. The van der Waals surface area contributed by atoms with E-state index >= 15 is 0 Å². The van der Waals surface area contributed by atoms with Gasteiger partial charge < -0.3 is 10.0 Å². The molecular formula is C15H19NO2. The summed E-state index contributed by atoms with van der Waals surface area (Å²) in [6, 6.07) is 10.5. The molecule has 1 aromatic carbocycles. The van der Waals surface area contributed by atoms with Gasteiger partial charge in [0.15, 0.2) is 0 Å². The average molecular weight is 245 g/mol. The number of likely N-dealkylation sites (tertiary alicyclic amines) is 1. The zero-order valence-corrected chi connectivity index (χ0v) is 10.5. The molecule has 1 aromatic rings. The molecular weight excluding hydrogens is 226 g/mol. The highest BCUT2D eigenvalue weighted by molar-refractivity contribution is 5.76. The molecule has 0 aromatic heterocycles. The molecule has 0 radical (unpaired) electrons. The lowest BCUT2D eigenvalue weighted by molar-refractivity contribution is -0.157. The predicted octanol–water partition coefficient (Wildman–Crippen LogP) is 2.34. The van der Waals surface area contributed by atoms with Gasteiger partial charge >= 0.3 is 5.97 Å². The van der Waals surface area contributed by atoms with Gasteiger partial charge in [-0.3, -0.25) is 4.79 Å². The molecule has 2 fully saturated rings. The van der Waals surface area contributed by atoms with Crippen LogP contribution < -0.4 is 0 Å². The summed E-state index contributed by atoms with van der Waals surface area (Å²) in [5.41, 5.74) is 0.952. The quantitative estimate of drug-likeness (QED) is 0.885. The predicted molar refractivity (Wildman–Crippen MR) is 69.5 cm³/mol. The lowest BCUT2D eigenvalue weighted by Crippen LogP contribution is -2.54. The summed E-state index contributed by atoms with van der Waals surface area (Å²) in [5, 5.41) is 9.31. The van der Waals surface area contributed by atoms with Crippen LogP contribution in [0.25, 0.3) is 0 Å². The Hall–Kier alpha value is -1.35. The Balaban J connectivity index is 1.55. The highest BCUT2D eigenvalue weighted by atomic mass is 16.4. The van der Waals surface area contributed by atoms with E-state index in [0.717, 1.165) is 38.9 Å². The van der Waals surface area contributed by atoms with E-state index in [1.54, 1.807) is 0 Å². The molecule has 1 N–H and O–H groups in total. The van der Waals surface area contributed by atoms with E-state index in [1.807, 2.05) is 6.07 Å². The second-order valence-corrected chi connectivity index (χ2v) is 5.74. The van der Waals surface area contributed by atoms with Crippen molar-refractivity contribution in [2.75, 3.05) is 19.6 Å². The Labute approximate surface area is 107 Å². The topological polar surface area (TPSA) is 40.5 Å². The smallest absolute Gasteiger partial charge is 0.310 e. The van der Waals surface area contributed by atoms with Crippen molar-refractivity contribution < 1.29 is 9.90 Å². The van der Waals surface area contributed by atoms with Crippen LogP contribution in [0.15, 0.2) is 30.3 Å². The van der Waals surface area contributed by atoms with Gasteiger partial charge in [0.25, 0.3) is 0 Å². The lowest BCUT2D eigenvalue weighted by Gasteiger charge is -2.47. The van der Waals surface area contributed by atoms with Crippen molar-refractivity contribution in [3.8, 4) is 0 Å². The van der Waals surface area contributed by atoms with Gasteiger partial charge in [-0.05, 0) is 18.4 Å². The van der Waals surface area contributed by atoms with Crippen molar-refractivity contribution >= 4 is 5.97 Å². The second kappa shape index (κ2) is 4.39. The number of aliphatic carboxylic acids is 1. The molecule has 1 saturated heterocycles. The largest absolute Gasteiger partial charge is 0.481 e. The van der Waals surface area contributed by atoms with Gasteiger partial charge in [-0.1, -0.05) is 36.8 Å². The Bertz CT molecular complexity index is 433. The van der Waals surface area contributed by atoms with Gasteiger partial charge in [0.1, 0.15) is 0 Å². The van der Waals surface area contributed by atoms with E-state index in [1.165, 1.54) is 5.56 Å². The van der Waals surface area contributed by atoms with Crippen LogP contribution in [0.4, 0.5) is 0 Å². The summed E-state index contributed by atoms with van der Waals surface area (Å²) in [6.07, 6.45) is 2.78. The molecule has 0 amide bonds. The molecule has 1 saturated carbocycles. The Kier molecular flexibility index (Phi) is 2.86. The van der Waals surface area contributed by atoms with Crippen LogP contribution in [0.1, 0.15) is 30.7 Å². The maximum atomic E-state index is 11.3. The molecule has 3 nitrogen and oxygen atoms in total. The molecule has 0 unspecified atom stereocenters. The SMILES string of the molecule is O=C(O)C1(CN2CC(c3ccccc3)C2)CCC1. The van der Waals surface area contributed by atoms with Crippen LogP contribution in [0, 0.1) is 5.41 Å². The van der Waals surface area contributed by atoms with Crippen LogP contribution in [0.3, 0.4) is 0 Å². The summed E-state index contributed by atoms with van der Waals surface area (Å²) in [6.45, 7) is 2.77. The average Bonchev–Trinajstić information content (AvgIpc) is 2.26. The van der Waals surface area contributed by atoms with Crippen LogP contribution in [-0.2, 0) is 4.79 Å². The third-order valence-electron chi connectivity index (χ3n) is 4.52. The minimum atomic E-state index is -0.600. The highest BCUT2D eigenvalue weighted by Crippen LogP contribution is 2.43. The molecule has 0 spiro atoms. The standard InChI is InChI=1S/C15H19NO2/c17-14(18)15(7-4-8-15)11-16-9-13(10-16)12-5-2-1-3-6-12/h1-3,5-6,13H,4,7-11H2,(H,17,18). The molecule has 3 rings (SSSR count). The van der Waals surface area contributed by atoms with Crippen LogP contribution in [0.5, 0.6) is 0 Å². The molecule has 1 aliphatic heterocycles. The van der Waals surface area contributed by atoms with Crippen molar-refractivity contribution in [1.82, 2.24) is 4.90 Å². The summed E-state index contributed by atoms with van der Waals surface area (Å²) < 4.78 is 0. The Morgan fingerprint density at radius 3 is 2.44 bits per heavy atom. The van der Waals surface area contributed by atoms with Gasteiger partial charge in [0, 0.05) is 25.6 Å². The van der Waals surface area contributed by atoms with E-state index in [2.05, 4.69) is 29.2 Å². The number of carbonyl (C=O) groups is 1. The molecule has 96 valence electrons. The minimum Gasteiger partial charge on any atom is -0.481 e. The molecule has 2 aliphatic rings. The molecule has 1 aliphatic carbocycles. The molecule has 0 atom stereocenters. The van der Waals surface area contributed by atoms with Gasteiger partial charge in [0.2, 0.25) is 0 Å². The van der Waals surface area contributed by atoms with E-state index in [4.69, 9.17) is 0 Å². The molecule has 3 heteroatoms. The first-order chi connectivity index (χ1) is 8.70. The number of carboxylic acids is 1. The number of hydrogen-bond acceptors (Lipinski definition) is 2. The zero-order valence-electron chi connectivity index (χ0n) is 10.5. The zero-order chi connectivity index (χ0) is 12.6. The summed E-state index contributed by atoms with van der Waals surface area (Å²) in [4.78, 5) is 13.6. The molecule has 1 heterocycles. The fourth-order valence-electron chi connectivity index (χ4n) is 3.11. The van der Waals surface area contributed by atoms with E-state index in [9.17, 15) is 9.90 Å². The maximum Gasteiger partial charge on any atom is 0.310 e. The first-order valence-electron chi connectivity index (χ1n) is 6.70. The normalized spacial score (nSPS) is 23.1. The van der Waals surface area contributed by atoms with Gasteiger partial charge in [0.05, 0.1) is 5.41 Å². The van der Waals surface area contributed by atoms with Crippen molar-refractivity contribution in [3.63, 3.8) is 0 Å². The molecule has 18 heavy (non-hydrogen) atoms. The number of carboxylic acid groups (broad SMARTS) is 1. The first kappa shape index (κ1) is 11.7. The van der Waals surface area contributed by atoms with Gasteiger partial charge in [-0.15, -0.1) is 0 Å². The van der Waals surface area contributed by atoms with Crippen molar-refractivity contribution in [2.24, 2.45) is 5.41 Å². The lowest BCUT2D eigenvalue weighted by atomic mass is 9.68. The number of nitrogens with zero attached hydrogens (tertiary/aromatic N) is 1. The van der Waals surface area contributed by atoms with E-state index in [-0.39, 0.29) is 0 Å². The third-order valence-corrected chi connectivity index (χ3v) is 4.52. The van der Waals surface area contributed by atoms with Crippen LogP contribution in [-0.4, -0.2) is 35.6 Å². The van der Waals surface area contributed by atoms with Crippen molar-refractivity contribution in [2.45, 2.75) is 25.2 Å². The minimum absolute atomic E-state index is 0.429. The highest BCUT2D eigenvalue weighted by Gasteiger charge is 2.47. The second-order valence-electron chi connectivity index (χ2n) is 5.74. The molecule has 0 bridgehead atoms. The van der Waals surface area contributed by atoms with E-state index < -0.39 is 11.4 Å². The van der Waals surface area contributed by atoms with E-state index in [0.29, 0.717) is 5.92 Å². The maximum absolute atomic E-state index is 11.3. The van der Waals surface area contributed by atoms with Crippen molar-refractivity contribution in [3.05, 3.63) is 35.9 Å².